The van der Waals surface area contributed by atoms with Crippen LogP contribution in [0.5, 0.6) is 0 Å². The van der Waals surface area contributed by atoms with Gasteiger partial charge in [-0.3, -0.25) is 0 Å². The molecule has 2 heteroatoms. The van der Waals surface area contributed by atoms with Crippen LogP contribution >= 0.6 is 15.9 Å². The van der Waals surface area contributed by atoms with Gasteiger partial charge in [0, 0.05) is 4.47 Å². The van der Waals surface area contributed by atoms with Crippen molar-refractivity contribution in [3.63, 3.8) is 0 Å². The highest BCUT2D eigenvalue weighted by Gasteiger charge is 2.01. The SMILES string of the molecule is CC[C@@H](O)Cc1ccc(Br)cc1. The van der Waals surface area contributed by atoms with E-state index in [-0.39, 0.29) is 6.10 Å². The summed E-state index contributed by atoms with van der Waals surface area (Å²) in [5.41, 5.74) is 1.19. The number of aliphatic hydroxyl groups is 1. The molecule has 1 aromatic carbocycles. The molecule has 0 heterocycles. The molecule has 0 saturated carbocycles. The topological polar surface area (TPSA) is 20.2 Å². The van der Waals surface area contributed by atoms with Crippen LogP contribution in [0, 0.1) is 0 Å². The van der Waals surface area contributed by atoms with Crippen molar-refractivity contribution in [3.8, 4) is 0 Å². The van der Waals surface area contributed by atoms with Gasteiger partial charge < -0.3 is 5.11 Å². The summed E-state index contributed by atoms with van der Waals surface area (Å²) in [5, 5.41) is 9.37. The monoisotopic (exact) mass is 228 g/mol. The molecule has 0 aliphatic heterocycles. The molecule has 1 atom stereocenters. The maximum atomic E-state index is 9.37. The van der Waals surface area contributed by atoms with Crippen molar-refractivity contribution in [3.05, 3.63) is 34.3 Å². The first kappa shape index (κ1) is 9.75. The van der Waals surface area contributed by atoms with Gasteiger partial charge in [0.2, 0.25) is 0 Å². The summed E-state index contributed by atoms with van der Waals surface area (Å²) in [7, 11) is 0. The Balaban J connectivity index is 2.58. The second-order valence-electron chi connectivity index (χ2n) is 2.89. The Morgan fingerprint density at radius 3 is 2.42 bits per heavy atom. The molecule has 66 valence electrons. The minimum atomic E-state index is -0.203. The zero-order chi connectivity index (χ0) is 8.97. The van der Waals surface area contributed by atoms with Gasteiger partial charge in [-0.25, -0.2) is 0 Å². The summed E-state index contributed by atoms with van der Waals surface area (Å²) < 4.78 is 1.08. The average Bonchev–Trinajstić information content (AvgIpc) is 2.09. The van der Waals surface area contributed by atoms with Gasteiger partial charge in [0.25, 0.3) is 0 Å². The summed E-state index contributed by atoms with van der Waals surface area (Å²) >= 11 is 3.37. The summed E-state index contributed by atoms with van der Waals surface area (Å²) in [5.74, 6) is 0. The Hall–Kier alpha value is -0.340. The third kappa shape index (κ3) is 2.95. The Kier molecular flexibility index (Phi) is 3.76. The first-order valence-electron chi connectivity index (χ1n) is 4.15. The van der Waals surface area contributed by atoms with E-state index in [1.54, 1.807) is 0 Å². The van der Waals surface area contributed by atoms with Crippen molar-refractivity contribution >= 4 is 15.9 Å². The Labute approximate surface area is 81.6 Å². The molecule has 0 spiro atoms. The quantitative estimate of drug-likeness (QED) is 0.844. The predicted molar refractivity (Wildman–Crippen MR) is 54.1 cm³/mol. The van der Waals surface area contributed by atoms with Crippen LogP contribution in [-0.2, 0) is 6.42 Å². The van der Waals surface area contributed by atoms with Crippen LogP contribution in [0.1, 0.15) is 18.9 Å². The van der Waals surface area contributed by atoms with Crippen molar-refractivity contribution in [1.29, 1.82) is 0 Å². The van der Waals surface area contributed by atoms with Gasteiger partial charge in [-0.2, -0.15) is 0 Å². The molecule has 0 bridgehead atoms. The smallest absolute Gasteiger partial charge is 0.0577 e. The first-order chi connectivity index (χ1) is 5.72. The Morgan fingerprint density at radius 2 is 1.92 bits per heavy atom. The van der Waals surface area contributed by atoms with Gasteiger partial charge in [-0.05, 0) is 30.5 Å². The van der Waals surface area contributed by atoms with Crippen LogP contribution in [0.15, 0.2) is 28.7 Å². The first-order valence-corrected chi connectivity index (χ1v) is 4.94. The van der Waals surface area contributed by atoms with Crippen molar-refractivity contribution in [2.75, 3.05) is 0 Å². The van der Waals surface area contributed by atoms with Crippen LogP contribution < -0.4 is 0 Å². The van der Waals surface area contributed by atoms with E-state index >= 15 is 0 Å². The van der Waals surface area contributed by atoms with Crippen LogP contribution in [0.3, 0.4) is 0 Å². The molecular formula is C10H13BrO. The van der Waals surface area contributed by atoms with Crippen LogP contribution in [0.2, 0.25) is 0 Å². The number of halogens is 1. The van der Waals surface area contributed by atoms with Crippen molar-refractivity contribution in [1.82, 2.24) is 0 Å². The molecule has 1 N–H and O–H groups in total. The number of benzene rings is 1. The molecule has 0 aliphatic carbocycles. The summed E-state index contributed by atoms with van der Waals surface area (Å²) in [6.45, 7) is 1.99. The van der Waals surface area contributed by atoms with Gasteiger partial charge >= 0.3 is 0 Å². The van der Waals surface area contributed by atoms with Crippen molar-refractivity contribution in [2.45, 2.75) is 25.9 Å². The van der Waals surface area contributed by atoms with E-state index in [9.17, 15) is 5.11 Å². The highest BCUT2D eigenvalue weighted by Crippen LogP contribution is 2.12. The third-order valence-electron chi connectivity index (χ3n) is 1.86. The average molecular weight is 229 g/mol. The summed E-state index contributed by atoms with van der Waals surface area (Å²) in [6, 6.07) is 8.06. The van der Waals surface area contributed by atoms with Crippen LogP contribution in [0.4, 0.5) is 0 Å². The van der Waals surface area contributed by atoms with Gasteiger partial charge in [0.05, 0.1) is 6.10 Å². The largest absolute Gasteiger partial charge is 0.393 e. The molecule has 0 fully saturated rings. The maximum Gasteiger partial charge on any atom is 0.0577 e. The van der Waals surface area contributed by atoms with Gasteiger partial charge in [0.1, 0.15) is 0 Å². The maximum absolute atomic E-state index is 9.37. The van der Waals surface area contributed by atoms with E-state index in [2.05, 4.69) is 15.9 Å². The molecular weight excluding hydrogens is 216 g/mol. The standard InChI is InChI=1S/C10H13BrO/c1-2-10(12)7-8-3-5-9(11)6-4-8/h3-6,10,12H,2,7H2,1H3/t10-/m1/s1. The fourth-order valence-corrected chi connectivity index (χ4v) is 1.30. The second-order valence-corrected chi connectivity index (χ2v) is 3.81. The van der Waals surface area contributed by atoms with Crippen LogP contribution in [0.25, 0.3) is 0 Å². The van der Waals surface area contributed by atoms with Crippen LogP contribution in [-0.4, -0.2) is 11.2 Å². The highest BCUT2D eigenvalue weighted by molar-refractivity contribution is 9.10. The zero-order valence-corrected chi connectivity index (χ0v) is 8.71. The van der Waals surface area contributed by atoms with E-state index in [4.69, 9.17) is 0 Å². The summed E-state index contributed by atoms with van der Waals surface area (Å²) in [6.07, 6.45) is 1.37. The van der Waals surface area contributed by atoms with E-state index in [1.165, 1.54) is 5.56 Å². The van der Waals surface area contributed by atoms with Crippen molar-refractivity contribution in [2.24, 2.45) is 0 Å². The molecule has 12 heavy (non-hydrogen) atoms. The van der Waals surface area contributed by atoms with E-state index in [0.29, 0.717) is 0 Å². The minimum Gasteiger partial charge on any atom is -0.393 e. The Morgan fingerprint density at radius 1 is 1.33 bits per heavy atom. The van der Waals surface area contributed by atoms with Gasteiger partial charge in [-0.1, -0.05) is 35.0 Å². The highest BCUT2D eigenvalue weighted by atomic mass is 79.9. The molecule has 0 aliphatic rings. The molecule has 1 nitrogen and oxygen atoms in total. The molecule has 0 unspecified atom stereocenters. The fourth-order valence-electron chi connectivity index (χ4n) is 1.04. The lowest BCUT2D eigenvalue weighted by Gasteiger charge is -2.06. The van der Waals surface area contributed by atoms with E-state index in [1.807, 2.05) is 31.2 Å². The summed E-state index contributed by atoms with van der Waals surface area (Å²) in [4.78, 5) is 0. The lowest BCUT2D eigenvalue weighted by Crippen LogP contribution is -2.07. The second kappa shape index (κ2) is 4.63. The zero-order valence-electron chi connectivity index (χ0n) is 7.13. The Bertz CT molecular complexity index is 230. The van der Waals surface area contributed by atoms with E-state index < -0.39 is 0 Å². The predicted octanol–water partition coefficient (Wildman–Crippen LogP) is 2.76. The molecule has 1 rings (SSSR count). The molecule has 0 saturated heterocycles. The van der Waals surface area contributed by atoms with Gasteiger partial charge in [0.15, 0.2) is 0 Å². The number of rotatable bonds is 3. The fraction of sp³-hybridized carbons (Fsp3) is 0.400. The molecule has 0 amide bonds. The number of hydrogen-bond acceptors (Lipinski definition) is 1. The number of hydrogen-bond donors (Lipinski definition) is 1. The molecule has 0 radical (unpaired) electrons. The van der Waals surface area contributed by atoms with Crippen molar-refractivity contribution < 1.29 is 5.11 Å². The lowest BCUT2D eigenvalue weighted by atomic mass is 10.1. The normalized spacial score (nSPS) is 12.9. The minimum absolute atomic E-state index is 0.203. The number of aliphatic hydroxyl groups excluding tert-OH is 1. The van der Waals surface area contributed by atoms with E-state index in [0.717, 1.165) is 17.3 Å². The molecule has 0 aromatic heterocycles. The third-order valence-corrected chi connectivity index (χ3v) is 2.38. The lowest BCUT2D eigenvalue weighted by molar-refractivity contribution is 0.171. The molecule has 1 aromatic rings. The van der Waals surface area contributed by atoms with Gasteiger partial charge in [-0.15, -0.1) is 0 Å².